The lowest BCUT2D eigenvalue weighted by atomic mass is 10.1. The number of phenolic OH excluding ortho intramolecular Hbond substituents is 1. The lowest BCUT2D eigenvalue weighted by Crippen LogP contribution is -2.50. The number of hydrogen-bond acceptors (Lipinski definition) is 8. The molecule has 2 aromatic carbocycles. The van der Waals surface area contributed by atoms with E-state index in [1.165, 1.54) is 7.11 Å². The largest absolute Gasteiger partial charge is 0.504 e. The van der Waals surface area contributed by atoms with Crippen LogP contribution in [0.15, 0.2) is 54.6 Å². The molecule has 184 valence electrons. The van der Waals surface area contributed by atoms with Gasteiger partial charge in [-0.15, -0.1) is 0 Å². The molecule has 0 saturated carbocycles. The van der Waals surface area contributed by atoms with Gasteiger partial charge >= 0.3 is 6.03 Å². The molecule has 1 aliphatic rings. The fourth-order valence-corrected chi connectivity index (χ4v) is 4.33. The Morgan fingerprint density at radius 1 is 1.06 bits per heavy atom. The molecule has 1 saturated heterocycles. The predicted octanol–water partition coefficient (Wildman–Crippen LogP) is 4.00. The van der Waals surface area contributed by atoms with Crippen molar-refractivity contribution in [3.05, 3.63) is 59.6 Å². The molecule has 4 aromatic rings. The van der Waals surface area contributed by atoms with Gasteiger partial charge in [-0.1, -0.05) is 17.7 Å². The van der Waals surface area contributed by atoms with Gasteiger partial charge in [0, 0.05) is 42.5 Å². The van der Waals surface area contributed by atoms with E-state index in [1.54, 1.807) is 41.3 Å². The number of fused-ring (bicyclic) bond motifs is 1. The number of aromatic nitrogens is 3. The number of benzene rings is 2. The number of carbonyl (C=O) groups is 1. The van der Waals surface area contributed by atoms with E-state index in [4.69, 9.17) is 27.1 Å². The number of aromatic hydroxyl groups is 1. The summed E-state index contributed by atoms with van der Waals surface area (Å²) in [5.74, 6) is 1.16. The Morgan fingerprint density at radius 3 is 2.58 bits per heavy atom. The fourth-order valence-electron chi connectivity index (χ4n) is 4.14. The zero-order valence-electron chi connectivity index (χ0n) is 19.5. The Labute approximate surface area is 212 Å². The van der Waals surface area contributed by atoms with Crippen LogP contribution in [0.1, 0.15) is 0 Å². The smallest absolute Gasteiger partial charge is 0.321 e. The van der Waals surface area contributed by atoms with Crippen molar-refractivity contribution in [2.45, 2.75) is 0 Å². The number of pyridine rings is 1. The maximum absolute atomic E-state index is 12.7. The summed E-state index contributed by atoms with van der Waals surface area (Å²) in [7, 11) is 1.50. The van der Waals surface area contributed by atoms with Gasteiger partial charge in [-0.3, -0.25) is 0 Å². The molecule has 0 spiro atoms. The van der Waals surface area contributed by atoms with E-state index in [2.05, 4.69) is 15.3 Å². The highest BCUT2D eigenvalue weighted by Gasteiger charge is 2.24. The summed E-state index contributed by atoms with van der Waals surface area (Å²) < 4.78 is 5.13. The van der Waals surface area contributed by atoms with Crippen LogP contribution < -0.4 is 20.7 Å². The van der Waals surface area contributed by atoms with E-state index in [9.17, 15) is 9.90 Å². The second-order valence-corrected chi connectivity index (χ2v) is 8.71. The first-order valence-corrected chi connectivity index (χ1v) is 11.7. The van der Waals surface area contributed by atoms with E-state index >= 15 is 0 Å². The zero-order valence-corrected chi connectivity index (χ0v) is 20.2. The van der Waals surface area contributed by atoms with Gasteiger partial charge in [-0.2, -0.15) is 4.98 Å². The van der Waals surface area contributed by atoms with Gasteiger partial charge in [-0.25, -0.2) is 14.8 Å². The van der Waals surface area contributed by atoms with Crippen molar-refractivity contribution in [3.8, 4) is 22.8 Å². The highest BCUT2D eigenvalue weighted by molar-refractivity contribution is 6.30. The maximum Gasteiger partial charge on any atom is 0.321 e. The van der Waals surface area contributed by atoms with Crippen LogP contribution in [0.5, 0.6) is 11.5 Å². The van der Waals surface area contributed by atoms with Gasteiger partial charge < -0.3 is 30.7 Å². The molecule has 2 amide bonds. The predicted molar refractivity (Wildman–Crippen MR) is 140 cm³/mol. The number of piperazine rings is 1. The number of nitrogens with two attached hydrogens (primary N) is 1. The first-order valence-electron chi connectivity index (χ1n) is 11.3. The third-order valence-electron chi connectivity index (χ3n) is 5.96. The van der Waals surface area contributed by atoms with Crippen molar-refractivity contribution in [2.24, 2.45) is 0 Å². The Bertz CT molecular complexity index is 1440. The van der Waals surface area contributed by atoms with Crippen LogP contribution in [0.2, 0.25) is 5.02 Å². The van der Waals surface area contributed by atoms with E-state index < -0.39 is 0 Å². The molecule has 0 atom stereocenters. The van der Waals surface area contributed by atoms with Crippen LogP contribution in [0.4, 0.5) is 22.2 Å². The average Bonchev–Trinajstić information content (AvgIpc) is 2.88. The SMILES string of the molecule is COc1ccc(-c2ccc3nc(N)nc(N4CCN(C(=O)Nc5cccc(Cl)c5)CC4)c3n2)cc1O. The van der Waals surface area contributed by atoms with Crippen LogP contribution in [0.3, 0.4) is 0 Å². The number of ether oxygens (including phenoxy) is 1. The highest BCUT2D eigenvalue weighted by Crippen LogP contribution is 2.32. The van der Waals surface area contributed by atoms with Gasteiger partial charge in [0.15, 0.2) is 17.3 Å². The Morgan fingerprint density at radius 2 is 1.86 bits per heavy atom. The number of urea groups is 1. The van der Waals surface area contributed by atoms with Crippen LogP contribution in [-0.4, -0.2) is 64.3 Å². The second kappa shape index (κ2) is 9.74. The van der Waals surface area contributed by atoms with Crippen molar-refractivity contribution in [2.75, 3.05) is 49.2 Å². The number of anilines is 3. The summed E-state index contributed by atoms with van der Waals surface area (Å²) in [6.07, 6.45) is 0. The molecular formula is C25H24ClN7O3. The van der Waals surface area contributed by atoms with Crippen LogP contribution in [-0.2, 0) is 0 Å². The number of nitrogens with one attached hydrogen (secondary N) is 1. The monoisotopic (exact) mass is 505 g/mol. The molecule has 0 radical (unpaired) electrons. The maximum atomic E-state index is 12.7. The molecule has 36 heavy (non-hydrogen) atoms. The molecule has 1 fully saturated rings. The van der Waals surface area contributed by atoms with Crippen LogP contribution in [0, 0.1) is 0 Å². The molecular weight excluding hydrogens is 482 g/mol. The lowest BCUT2D eigenvalue weighted by Gasteiger charge is -2.35. The number of rotatable bonds is 4. The van der Waals surface area contributed by atoms with Crippen molar-refractivity contribution < 1.29 is 14.6 Å². The minimum Gasteiger partial charge on any atom is -0.504 e. The first kappa shape index (κ1) is 23.4. The topological polar surface area (TPSA) is 130 Å². The first-order chi connectivity index (χ1) is 17.4. The van der Waals surface area contributed by atoms with E-state index in [-0.39, 0.29) is 17.7 Å². The Hall–Kier alpha value is -4.31. The zero-order chi connectivity index (χ0) is 25.2. The fraction of sp³-hybridized carbons (Fsp3) is 0.200. The van der Waals surface area contributed by atoms with Gasteiger partial charge in [-0.05, 0) is 48.5 Å². The van der Waals surface area contributed by atoms with Crippen molar-refractivity contribution in [1.29, 1.82) is 0 Å². The summed E-state index contributed by atoms with van der Waals surface area (Å²) in [4.78, 5) is 30.1. The van der Waals surface area contributed by atoms with E-state index in [0.29, 0.717) is 65.2 Å². The van der Waals surface area contributed by atoms with Gasteiger partial charge in [0.2, 0.25) is 5.95 Å². The molecule has 5 rings (SSSR count). The van der Waals surface area contributed by atoms with Gasteiger partial charge in [0.1, 0.15) is 5.52 Å². The molecule has 3 heterocycles. The molecule has 0 unspecified atom stereocenters. The molecule has 0 aliphatic carbocycles. The molecule has 4 N–H and O–H groups in total. The highest BCUT2D eigenvalue weighted by atomic mass is 35.5. The third-order valence-corrected chi connectivity index (χ3v) is 6.19. The summed E-state index contributed by atoms with van der Waals surface area (Å²) >= 11 is 6.02. The number of nitrogens with zero attached hydrogens (tertiary/aromatic N) is 5. The van der Waals surface area contributed by atoms with Crippen LogP contribution in [0.25, 0.3) is 22.3 Å². The molecule has 10 nitrogen and oxygen atoms in total. The van der Waals surface area contributed by atoms with Gasteiger partial charge in [0.25, 0.3) is 0 Å². The number of halogens is 1. The molecule has 11 heteroatoms. The quantitative estimate of drug-likeness (QED) is 0.379. The number of hydrogen-bond donors (Lipinski definition) is 3. The lowest BCUT2D eigenvalue weighted by molar-refractivity contribution is 0.208. The van der Waals surface area contributed by atoms with E-state index in [1.807, 2.05) is 23.1 Å². The number of carbonyl (C=O) groups excluding carboxylic acids is 1. The van der Waals surface area contributed by atoms with Crippen LogP contribution >= 0.6 is 11.6 Å². The Balaban J connectivity index is 1.37. The summed E-state index contributed by atoms with van der Waals surface area (Å²) in [5.41, 5.74) is 9.21. The molecule has 1 aliphatic heterocycles. The minimum atomic E-state index is -0.191. The number of amides is 2. The normalized spacial score (nSPS) is 13.6. The second-order valence-electron chi connectivity index (χ2n) is 8.27. The summed E-state index contributed by atoms with van der Waals surface area (Å²) in [5, 5.41) is 13.6. The van der Waals surface area contributed by atoms with Crippen molar-refractivity contribution >= 4 is 46.1 Å². The Kier molecular flexibility index (Phi) is 6.34. The molecule has 0 bridgehead atoms. The number of phenols is 1. The summed E-state index contributed by atoms with van der Waals surface area (Å²) in [6, 6.07) is 15.6. The third kappa shape index (κ3) is 4.76. The summed E-state index contributed by atoms with van der Waals surface area (Å²) in [6.45, 7) is 2.07. The number of methoxy groups -OCH3 is 1. The van der Waals surface area contributed by atoms with Gasteiger partial charge in [0.05, 0.1) is 18.3 Å². The number of nitrogen functional groups attached to an aromatic ring is 1. The average molecular weight is 506 g/mol. The van der Waals surface area contributed by atoms with Crippen molar-refractivity contribution in [1.82, 2.24) is 19.9 Å². The standard InChI is InChI=1S/C25H24ClN7O3/c1-36-21-8-5-15(13-20(21)34)18-6-7-19-22(29-18)23(31-24(27)30-19)32-9-11-33(12-10-32)25(35)28-17-4-2-3-16(26)14-17/h2-8,13-14,34H,9-12H2,1H3,(H,28,35)(H2,27,30,31). The minimum absolute atomic E-state index is 0.0258. The van der Waals surface area contributed by atoms with Crippen molar-refractivity contribution in [3.63, 3.8) is 0 Å². The molecule has 2 aromatic heterocycles. The van der Waals surface area contributed by atoms with E-state index in [0.717, 1.165) is 5.56 Å².